The molecule has 0 aliphatic rings. The molecule has 2 aromatic heterocycles. The van der Waals surface area contributed by atoms with Crippen LogP contribution < -0.4 is 0 Å². The van der Waals surface area contributed by atoms with E-state index in [0.29, 0.717) is 11.2 Å². The summed E-state index contributed by atoms with van der Waals surface area (Å²) >= 11 is 0. The van der Waals surface area contributed by atoms with Crippen molar-refractivity contribution in [3.8, 4) is 0 Å². The third-order valence-electron chi connectivity index (χ3n) is 2.64. The second-order valence-corrected chi connectivity index (χ2v) is 4.53. The standard InChI is InChI=1S/C12H14N2O3/c1-12(2,17)8-3-4-14-7-13-9(6-11(15)16)10(14)5-8/h3-5,7,17H,6H2,1-2H3,(H,15,16). The molecule has 2 heterocycles. The molecule has 0 aliphatic heterocycles. The minimum atomic E-state index is -0.952. The summed E-state index contributed by atoms with van der Waals surface area (Å²) in [6.07, 6.45) is 3.22. The van der Waals surface area contributed by atoms with Crippen molar-refractivity contribution < 1.29 is 15.0 Å². The number of imidazole rings is 1. The van der Waals surface area contributed by atoms with Gasteiger partial charge in [-0.2, -0.15) is 0 Å². The fraction of sp³-hybridized carbons (Fsp3) is 0.333. The summed E-state index contributed by atoms with van der Waals surface area (Å²) in [4.78, 5) is 14.8. The summed E-state index contributed by atoms with van der Waals surface area (Å²) in [6.45, 7) is 3.37. The quantitative estimate of drug-likeness (QED) is 0.836. The van der Waals surface area contributed by atoms with Crippen molar-refractivity contribution in [3.63, 3.8) is 0 Å². The molecule has 17 heavy (non-hydrogen) atoms. The first-order valence-electron chi connectivity index (χ1n) is 5.28. The van der Waals surface area contributed by atoms with Crippen LogP contribution in [0.25, 0.3) is 5.52 Å². The van der Waals surface area contributed by atoms with Gasteiger partial charge in [0.1, 0.15) is 0 Å². The molecule has 0 spiro atoms. The molecule has 90 valence electrons. The van der Waals surface area contributed by atoms with E-state index in [1.54, 1.807) is 42.9 Å². The zero-order valence-corrected chi connectivity index (χ0v) is 9.71. The number of nitrogens with zero attached hydrogens (tertiary/aromatic N) is 2. The Morgan fingerprint density at radius 3 is 2.82 bits per heavy atom. The summed E-state index contributed by atoms with van der Waals surface area (Å²) in [5, 5.41) is 18.7. The van der Waals surface area contributed by atoms with Crippen molar-refractivity contribution in [3.05, 3.63) is 35.9 Å². The Hall–Kier alpha value is -1.88. The van der Waals surface area contributed by atoms with E-state index in [0.717, 1.165) is 5.56 Å². The maximum Gasteiger partial charge on any atom is 0.309 e. The average molecular weight is 234 g/mol. The molecule has 5 heteroatoms. The van der Waals surface area contributed by atoms with Crippen LogP contribution in [0, 0.1) is 0 Å². The number of pyridine rings is 1. The van der Waals surface area contributed by atoms with Crippen LogP contribution in [0.15, 0.2) is 24.7 Å². The van der Waals surface area contributed by atoms with Gasteiger partial charge in [0.15, 0.2) is 0 Å². The van der Waals surface area contributed by atoms with E-state index in [1.807, 2.05) is 0 Å². The minimum Gasteiger partial charge on any atom is -0.481 e. The molecule has 2 rings (SSSR count). The Balaban J connectivity index is 2.54. The Bertz CT molecular complexity index is 567. The first-order valence-corrected chi connectivity index (χ1v) is 5.28. The Kier molecular flexibility index (Phi) is 2.63. The summed E-state index contributed by atoms with van der Waals surface area (Å²) in [7, 11) is 0. The van der Waals surface area contributed by atoms with E-state index >= 15 is 0 Å². The number of rotatable bonds is 3. The molecule has 0 bridgehead atoms. The highest BCUT2D eigenvalue weighted by Gasteiger charge is 2.17. The lowest BCUT2D eigenvalue weighted by Gasteiger charge is -2.17. The summed E-state index contributed by atoms with van der Waals surface area (Å²) in [5.74, 6) is -0.917. The van der Waals surface area contributed by atoms with E-state index in [1.165, 1.54) is 0 Å². The van der Waals surface area contributed by atoms with Crippen LogP contribution in [0.5, 0.6) is 0 Å². The van der Waals surface area contributed by atoms with Gasteiger partial charge in [0.25, 0.3) is 0 Å². The average Bonchev–Trinajstić information content (AvgIpc) is 2.59. The smallest absolute Gasteiger partial charge is 0.309 e. The zero-order chi connectivity index (χ0) is 12.6. The van der Waals surface area contributed by atoms with Gasteiger partial charge < -0.3 is 14.6 Å². The molecule has 0 fully saturated rings. The second-order valence-electron chi connectivity index (χ2n) is 4.53. The van der Waals surface area contributed by atoms with Crippen molar-refractivity contribution >= 4 is 11.5 Å². The van der Waals surface area contributed by atoms with Crippen LogP contribution in [0.4, 0.5) is 0 Å². The lowest BCUT2D eigenvalue weighted by molar-refractivity contribution is -0.136. The van der Waals surface area contributed by atoms with Crippen LogP contribution in [0.1, 0.15) is 25.1 Å². The van der Waals surface area contributed by atoms with E-state index in [4.69, 9.17) is 5.11 Å². The molecule has 0 aliphatic carbocycles. The predicted octanol–water partition coefficient (Wildman–Crippen LogP) is 1.19. The number of aliphatic carboxylic acids is 1. The Morgan fingerprint density at radius 2 is 2.24 bits per heavy atom. The highest BCUT2D eigenvalue weighted by atomic mass is 16.4. The number of aliphatic hydroxyl groups is 1. The third-order valence-corrected chi connectivity index (χ3v) is 2.64. The van der Waals surface area contributed by atoms with E-state index in [-0.39, 0.29) is 6.42 Å². The van der Waals surface area contributed by atoms with Gasteiger partial charge >= 0.3 is 5.97 Å². The highest BCUT2D eigenvalue weighted by molar-refractivity contribution is 5.73. The normalized spacial score (nSPS) is 11.9. The number of carboxylic acids is 1. The van der Waals surface area contributed by atoms with Gasteiger partial charge in [-0.3, -0.25) is 4.79 Å². The maximum atomic E-state index is 10.7. The van der Waals surface area contributed by atoms with E-state index in [2.05, 4.69) is 4.98 Å². The number of carboxylic acid groups (broad SMARTS) is 1. The molecule has 2 aromatic rings. The number of hydrogen-bond donors (Lipinski definition) is 2. The SMILES string of the molecule is CC(C)(O)c1ccn2cnc(CC(=O)O)c2c1. The van der Waals surface area contributed by atoms with Gasteiger partial charge in [0, 0.05) is 6.20 Å². The fourth-order valence-electron chi connectivity index (χ4n) is 1.70. The summed E-state index contributed by atoms with van der Waals surface area (Å²) in [6, 6.07) is 3.56. The molecule has 0 amide bonds. The van der Waals surface area contributed by atoms with Crippen molar-refractivity contribution in [1.29, 1.82) is 0 Å². The van der Waals surface area contributed by atoms with Gasteiger partial charge in [0.2, 0.25) is 0 Å². The molecular formula is C12H14N2O3. The first-order chi connectivity index (χ1) is 7.88. The van der Waals surface area contributed by atoms with Crippen LogP contribution in [0.2, 0.25) is 0 Å². The predicted molar refractivity (Wildman–Crippen MR) is 61.8 cm³/mol. The van der Waals surface area contributed by atoms with E-state index in [9.17, 15) is 9.90 Å². The molecule has 2 N–H and O–H groups in total. The second kappa shape index (κ2) is 3.85. The maximum absolute atomic E-state index is 10.7. The molecule has 5 nitrogen and oxygen atoms in total. The zero-order valence-electron chi connectivity index (χ0n) is 9.71. The van der Waals surface area contributed by atoms with Crippen molar-refractivity contribution in [1.82, 2.24) is 9.38 Å². The van der Waals surface area contributed by atoms with Gasteiger partial charge in [0.05, 0.1) is 29.6 Å². The van der Waals surface area contributed by atoms with Gasteiger partial charge in [-0.05, 0) is 31.5 Å². The Morgan fingerprint density at radius 1 is 1.53 bits per heavy atom. The van der Waals surface area contributed by atoms with Gasteiger partial charge in [-0.1, -0.05) is 0 Å². The van der Waals surface area contributed by atoms with Crippen LogP contribution in [-0.4, -0.2) is 25.6 Å². The fourth-order valence-corrected chi connectivity index (χ4v) is 1.70. The van der Waals surface area contributed by atoms with Gasteiger partial charge in [-0.25, -0.2) is 4.98 Å². The molecule has 0 atom stereocenters. The van der Waals surface area contributed by atoms with Crippen LogP contribution in [-0.2, 0) is 16.8 Å². The third kappa shape index (κ3) is 2.29. The highest BCUT2D eigenvalue weighted by Crippen LogP contribution is 2.22. The number of carbonyl (C=O) groups is 1. The van der Waals surface area contributed by atoms with E-state index < -0.39 is 11.6 Å². The number of hydrogen-bond acceptors (Lipinski definition) is 3. The van der Waals surface area contributed by atoms with Gasteiger partial charge in [-0.15, -0.1) is 0 Å². The lowest BCUT2D eigenvalue weighted by atomic mass is 9.99. The largest absolute Gasteiger partial charge is 0.481 e. The molecular weight excluding hydrogens is 220 g/mol. The first kappa shape index (κ1) is 11.6. The summed E-state index contributed by atoms with van der Waals surface area (Å²) < 4.78 is 1.74. The monoisotopic (exact) mass is 234 g/mol. The minimum absolute atomic E-state index is 0.119. The number of aromatic nitrogens is 2. The topological polar surface area (TPSA) is 74.8 Å². The molecule has 0 unspecified atom stereocenters. The molecule has 0 saturated carbocycles. The van der Waals surface area contributed by atoms with Crippen molar-refractivity contribution in [2.24, 2.45) is 0 Å². The molecule has 0 aromatic carbocycles. The summed E-state index contributed by atoms with van der Waals surface area (Å²) in [5.41, 5.74) is 1.000. The Labute approximate surface area is 98.3 Å². The van der Waals surface area contributed by atoms with Crippen LogP contribution in [0.3, 0.4) is 0 Å². The van der Waals surface area contributed by atoms with Crippen LogP contribution >= 0.6 is 0 Å². The van der Waals surface area contributed by atoms with Crippen molar-refractivity contribution in [2.45, 2.75) is 25.9 Å². The lowest BCUT2D eigenvalue weighted by Crippen LogP contribution is -2.15. The molecule has 0 radical (unpaired) electrons. The van der Waals surface area contributed by atoms with Crippen molar-refractivity contribution in [2.75, 3.05) is 0 Å². The molecule has 0 saturated heterocycles. The number of fused-ring (bicyclic) bond motifs is 1.